The molecule has 0 aliphatic heterocycles. The van der Waals surface area contributed by atoms with Crippen molar-refractivity contribution in [3.8, 4) is 11.4 Å². The quantitative estimate of drug-likeness (QED) is 0.315. The maximum absolute atomic E-state index is 12.3. The first-order valence-electron chi connectivity index (χ1n) is 9.16. The average molecular weight is 442 g/mol. The molecule has 0 atom stereocenters. The van der Waals surface area contributed by atoms with Crippen molar-refractivity contribution in [2.24, 2.45) is 0 Å². The molecular weight excluding hydrogens is 424 g/mol. The van der Waals surface area contributed by atoms with E-state index in [2.05, 4.69) is 15.5 Å². The van der Waals surface area contributed by atoms with Crippen LogP contribution < -0.4 is 5.32 Å². The van der Waals surface area contributed by atoms with Crippen molar-refractivity contribution in [3.05, 3.63) is 68.3 Å². The number of amides is 1. The van der Waals surface area contributed by atoms with Gasteiger partial charge in [0, 0.05) is 41.6 Å². The molecule has 2 aromatic carbocycles. The lowest BCUT2D eigenvalue weighted by Crippen LogP contribution is -2.15. The summed E-state index contributed by atoms with van der Waals surface area (Å²) in [6.07, 6.45) is 0. The predicted octanol–water partition coefficient (Wildman–Crippen LogP) is 3.82. The van der Waals surface area contributed by atoms with Crippen molar-refractivity contribution in [2.45, 2.75) is 25.5 Å². The van der Waals surface area contributed by atoms with Gasteiger partial charge < -0.3 is 9.88 Å². The van der Waals surface area contributed by atoms with Crippen molar-refractivity contribution < 1.29 is 14.6 Å². The summed E-state index contributed by atoms with van der Waals surface area (Å²) < 4.78 is 1.76. The Hall–Kier alpha value is -3.80. The van der Waals surface area contributed by atoms with Crippen molar-refractivity contribution in [1.82, 2.24) is 14.8 Å². The van der Waals surface area contributed by atoms with E-state index in [9.17, 15) is 25.0 Å². The van der Waals surface area contributed by atoms with Crippen LogP contribution in [0.25, 0.3) is 11.4 Å². The van der Waals surface area contributed by atoms with Gasteiger partial charge in [-0.2, -0.15) is 0 Å². The number of nitrogens with zero attached hydrogens (tertiary/aromatic N) is 5. The molecule has 0 aliphatic carbocycles. The first kappa shape index (κ1) is 21.9. The molecule has 11 nitrogen and oxygen atoms in total. The molecule has 1 amide bonds. The van der Waals surface area contributed by atoms with E-state index in [-0.39, 0.29) is 23.0 Å². The summed E-state index contributed by atoms with van der Waals surface area (Å²) in [5.74, 6) is 0.114. The molecule has 0 fully saturated rings. The second-order valence-electron chi connectivity index (χ2n) is 6.45. The molecule has 12 heteroatoms. The van der Waals surface area contributed by atoms with Crippen LogP contribution in [-0.2, 0) is 11.3 Å². The van der Waals surface area contributed by atoms with Crippen LogP contribution in [0.1, 0.15) is 12.5 Å². The van der Waals surface area contributed by atoms with Gasteiger partial charge in [-0.3, -0.25) is 25.0 Å². The lowest BCUT2D eigenvalue weighted by molar-refractivity contribution is -0.385. The van der Waals surface area contributed by atoms with Crippen molar-refractivity contribution in [2.75, 3.05) is 11.1 Å². The predicted molar refractivity (Wildman–Crippen MR) is 115 cm³/mol. The fraction of sp³-hybridized carbons (Fsp3) is 0.211. The van der Waals surface area contributed by atoms with Gasteiger partial charge in [0.25, 0.3) is 11.4 Å². The van der Waals surface area contributed by atoms with Gasteiger partial charge in [0.05, 0.1) is 15.6 Å². The molecule has 0 saturated heterocycles. The number of nitro benzene ring substituents is 2. The minimum absolute atomic E-state index is 0.00868. The molecule has 3 aromatic rings. The third-order valence-electron chi connectivity index (χ3n) is 4.37. The Morgan fingerprint density at radius 2 is 1.90 bits per heavy atom. The number of nitro groups is 2. The van der Waals surface area contributed by atoms with E-state index in [0.29, 0.717) is 34.3 Å². The minimum atomic E-state index is -0.501. The second-order valence-corrected chi connectivity index (χ2v) is 7.40. The van der Waals surface area contributed by atoms with Crippen LogP contribution in [0.5, 0.6) is 0 Å². The fourth-order valence-corrected chi connectivity index (χ4v) is 3.67. The molecule has 0 radical (unpaired) electrons. The highest BCUT2D eigenvalue weighted by molar-refractivity contribution is 7.99. The number of carbonyl (C=O) groups is 1. The zero-order valence-electron chi connectivity index (χ0n) is 16.6. The maximum Gasteiger partial charge on any atom is 0.274 e. The van der Waals surface area contributed by atoms with Crippen molar-refractivity contribution in [1.29, 1.82) is 0 Å². The Balaban J connectivity index is 1.72. The third kappa shape index (κ3) is 5.04. The number of carbonyl (C=O) groups excluding carboxylic acids is 1. The fourth-order valence-electron chi connectivity index (χ4n) is 2.86. The van der Waals surface area contributed by atoms with E-state index >= 15 is 0 Å². The monoisotopic (exact) mass is 442 g/mol. The highest BCUT2D eigenvalue weighted by atomic mass is 32.2. The molecular formula is C19H18N6O5S. The van der Waals surface area contributed by atoms with E-state index in [4.69, 9.17) is 0 Å². The van der Waals surface area contributed by atoms with Crippen LogP contribution in [0.4, 0.5) is 17.1 Å². The van der Waals surface area contributed by atoms with Gasteiger partial charge in [-0.05, 0) is 19.9 Å². The number of rotatable bonds is 8. The molecule has 1 N–H and O–H groups in total. The van der Waals surface area contributed by atoms with Crippen LogP contribution in [0, 0.1) is 27.2 Å². The molecule has 0 spiro atoms. The lowest BCUT2D eigenvalue weighted by atomic mass is 10.2. The Labute approximate surface area is 180 Å². The highest BCUT2D eigenvalue weighted by Gasteiger charge is 2.17. The van der Waals surface area contributed by atoms with E-state index in [1.54, 1.807) is 35.8 Å². The molecule has 1 heterocycles. The summed E-state index contributed by atoms with van der Waals surface area (Å²) in [6, 6.07) is 10.6. The van der Waals surface area contributed by atoms with Crippen LogP contribution in [0.15, 0.2) is 47.6 Å². The minimum Gasteiger partial charge on any atom is -0.325 e. The molecule has 0 saturated carbocycles. The number of aromatic nitrogens is 3. The largest absolute Gasteiger partial charge is 0.325 e. The molecule has 1 aromatic heterocycles. The molecule has 160 valence electrons. The molecule has 31 heavy (non-hydrogen) atoms. The first-order valence-corrected chi connectivity index (χ1v) is 10.1. The number of non-ortho nitro benzene ring substituents is 1. The van der Waals surface area contributed by atoms with Crippen LogP contribution in [0.2, 0.25) is 0 Å². The van der Waals surface area contributed by atoms with Crippen molar-refractivity contribution >= 4 is 34.7 Å². The maximum atomic E-state index is 12.3. The van der Waals surface area contributed by atoms with Gasteiger partial charge in [0.2, 0.25) is 5.91 Å². The Bertz CT molecular complexity index is 1160. The Kier molecular flexibility index (Phi) is 6.60. The Morgan fingerprint density at radius 3 is 2.58 bits per heavy atom. The van der Waals surface area contributed by atoms with Gasteiger partial charge in [-0.15, -0.1) is 10.2 Å². The highest BCUT2D eigenvalue weighted by Crippen LogP contribution is 2.27. The summed E-state index contributed by atoms with van der Waals surface area (Å²) in [5.41, 5.74) is 1.26. The molecule has 0 bridgehead atoms. The second kappa shape index (κ2) is 9.34. The van der Waals surface area contributed by atoms with Crippen LogP contribution >= 0.6 is 11.8 Å². The normalized spacial score (nSPS) is 10.6. The van der Waals surface area contributed by atoms with Crippen LogP contribution in [-0.4, -0.2) is 36.3 Å². The lowest BCUT2D eigenvalue weighted by Gasteiger charge is -2.08. The van der Waals surface area contributed by atoms with Crippen molar-refractivity contribution in [3.63, 3.8) is 0 Å². The standard InChI is InChI=1S/C19H18N6O5S/c1-3-23-18(13-5-4-6-15(9-13)24(27)28)21-22-19(23)31-11-17(26)20-14-8-7-12(2)16(10-14)25(29)30/h4-10H,3,11H2,1-2H3,(H,20,26). The van der Waals surface area contributed by atoms with Crippen LogP contribution in [0.3, 0.4) is 0 Å². The number of benzene rings is 2. The summed E-state index contributed by atoms with van der Waals surface area (Å²) >= 11 is 1.15. The number of thioether (sulfide) groups is 1. The van der Waals surface area contributed by atoms with E-state index in [1.807, 2.05) is 6.92 Å². The van der Waals surface area contributed by atoms with Gasteiger partial charge >= 0.3 is 0 Å². The number of hydrogen-bond acceptors (Lipinski definition) is 8. The molecule has 3 rings (SSSR count). The smallest absolute Gasteiger partial charge is 0.274 e. The van der Waals surface area contributed by atoms with E-state index in [0.717, 1.165) is 11.8 Å². The SMILES string of the molecule is CCn1c(SCC(=O)Nc2ccc(C)c([N+](=O)[O-])c2)nnc1-c1cccc([N+](=O)[O-])c1. The number of aryl methyl sites for hydroxylation is 1. The van der Waals surface area contributed by atoms with E-state index < -0.39 is 9.85 Å². The van der Waals surface area contributed by atoms with Gasteiger partial charge in [0.15, 0.2) is 11.0 Å². The molecule has 0 aliphatic rings. The van der Waals surface area contributed by atoms with Gasteiger partial charge in [0.1, 0.15) is 0 Å². The summed E-state index contributed by atoms with van der Waals surface area (Å²) in [6.45, 7) is 4.00. The topological polar surface area (TPSA) is 146 Å². The Morgan fingerprint density at radius 1 is 1.13 bits per heavy atom. The van der Waals surface area contributed by atoms with E-state index in [1.165, 1.54) is 18.2 Å². The average Bonchev–Trinajstić information content (AvgIpc) is 3.16. The van der Waals surface area contributed by atoms with Gasteiger partial charge in [-0.1, -0.05) is 30.0 Å². The first-order chi connectivity index (χ1) is 14.8. The number of anilines is 1. The number of nitrogens with one attached hydrogen (secondary N) is 1. The summed E-state index contributed by atoms with van der Waals surface area (Å²) in [4.78, 5) is 33.4. The zero-order chi connectivity index (χ0) is 22.5. The number of hydrogen-bond donors (Lipinski definition) is 1. The third-order valence-corrected chi connectivity index (χ3v) is 5.34. The molecule has 0 unspecified atom stereocenters. The summed E-state index contributed by atoms with van der Waals surface area (Å²) in [7, 11) is 0. The van der Waals surface area contributed by atoms with Gasteiger partial charge in [-0.25, -0.2) is 0 Å². The zero-order valence-corrected chi connectivity index (χ0v) is 17.5. The summed E-state index contributed by atoms with van der Waals surface area (Å²) in [5, 5.41) is 33.4.